The molecule has 10 N–H and O–H groups in total. The van der Waals surface area contributed by atoms with Crippen molar-refractivity contribution >= 4 is 97.1 Å². The molecule has 27 nitrogen and oxygen atoms in total. The second-order valence-corrected chi connectivity index (χ2v) is 39.2. The van der Waals surface area contributed by atoms with Crippen LogP contribution in [-0.4, -0.2) is 152 Å². The van der Waals surface area contributed by atoms with E-state index in [1.807, 2.05) is 218 Å². The van der Waals surface area contributed by atoms with Crippen molar-refractivity contribution in [1.82, 2.24) is 41.0 Å². The van der Waals surface area contributed by atoms with Crippen molar-refractivity contribution in [2.24, 2.45) is 38.3 Å². The van der Waals surface area contributed by atoms with Gasteiger partial charge in [-0.15, -0.1) is 5.10 Å². The summed E-state index contributed by atoms with van der Waals surface area (Å²) in [7, 11) is -0.171. The average molecular weight is 1820 g/mol. The smallest absolute Gasteiger partial charge is 1.00 e. The third kappa shape index (κ3) is 32.9. The summed E-state index contributed by atoms with van der Waals surface area (Å²) < 4.78 is 20.2. The Bertz CT molecular complexity index is 4520. The number of aliphatic hydroxyl groups is 2. The molecule has 0 bridgehead atoms. The number of amides is 6. The standard InChI is InChI=1S/C16H19N3O2.C12H16N2O.2C12H15NO2.C12H15NO.C6H11NO3.C6H9NO2.C6H8O3.C6H16Si.C6H5.BrH.Li.Mg.H2O.3H2/c1-4-21-14(20)13-17-15-16(2,3)10-12(19(15)18-13)11-8-6-5-7-9-11;1-12(2)8-10(14(13)11(12)15)9-6-4-3-5-7-9;1-11(2)8-12(15,13-10(11)14)9-6-4-3-5-7-9;1-11(2)8-10(14)13-12(11,15)9-6-4-3-5-7-9;1-12(2)8-10(13-11(12)14)9-6-4-3-5-7-9;1-3-9-5(7)6(8)10-4-2;1-6(2)3-4(8)7-5(6)9;1-6(2)3-4(7)9-5(6)8;1-4-7(5-2)6-3;1-2-4-6-5-3-1;;;;;;;/h5-9,12H,4,10H2,1-3H3;3-7,10H,8,13H2,1-2H3;2*3-7,15H,8H2,1-2H3,(H,13,14);3-7,10H,8H2,1-2H3,(H,13,14);7H,3-4H2,1-2H3;3H2,1-2H3,(H,7,8,9);3H2,1-2H3;7H,4-6H2,1-3H3;1-5H;1H;;;1H2;3*1H/q;;;;;;;;;-1;;+1;+2;;;;/p-2. The van der Waals surface area contributed by atoms with E-state index in [4.69, 9.17) is 16.0 Å². The second kappa shape index (κ2) is 51.1. The van der Waals surface area contributed by atoms with Crippen LogP contribution >= 0.6 is 0 Å². The van der Waals surface area contributed by atoms with Crippen LogP contribution in [0.5, 0.6) is 0 Å². The maximum absolute atomic E-state index is 11.8. The van der Waals surface area contributed by atoms with Crippen LogP contribution in [0.1, 0.15) is 250 Å². The molecule has 8 heterocycles. The molecule has 7 aromatic rings. The van der Waals surface area contributed by atoms with E-state index in [0.29, 0.717) is 32.5 Å². The molecule has 0 aliphatic carbocycles. The summed E-state index contributed by atoms with van der Waals surface area (Å²) >= 11 is 0. The van der Waals surface area contributed by atoms with Crippen molar-refractivity contribution < 1.29 is 123 Å². The van der Waals surface area contributed by atoms with Gasteiger partial charge in [0.05, 0.1) is 55.2 Å². The number of hydrogen-bond acceptors (Lipinski definition) is 21. The number of esters is 4. The van der Waals surface area contributed by atoms with Crippen molar-refractivity contribution in [2.45, 2.75) is 237 Å². The molecule has 678 valence electrons. The molecule has 14 rings (SSSR count). The van der Waals surface area contributed by atoms with Gasteiger partial charge in [-0.1, -0.05) is 274 Å². The maximum atomic E-state index is 11.8. The molecule has 6 aromatic carbocycles. The average Bonchev–Trinajstić information content (AvgIpc) is 1.60. The van der Waals surface area contributed by atoms with E-state index in [1.54, 1.807) is 48.5 Å². The number of ether oxygens (including phenoxy) is 4. The molecule has 31 heteroatoms. The van der Waals surface area contributed by atoms with Crippen molar-refractivity contribution in [3.8, 4) is 0 Å². The molecule has 7 aliphatic heterocycles. The Labute approximate surface area is 783 Å². The van der Waals surface area contributed by atoms with E-state index in [9.17, 15) is 58.2 Å². The van der Waals surface area contributed by atoms with E-state index in [1.165, 1.54) is 34.3 Å². The minimum absolute atomic E-state index is 0. The number of benzene rings is 6. The monoisotopic (exact) mass is 1810 g/mol. The van der Waals surface area contributed by atoms with Crippen LogP contribution in [0.25, 0.3) is 0 Å². The molecular weight excluding hydrogens is 1680 g/mol. The summed E-state index contributed by atoms with van der Waals surface area (Å²) in [4.78, 5) is 116. The topological polar surface area (TPSA) is 410 Å². The zero-order chi connectivity index (χ0) is 90.5. The van der Waals surface area contributed by atoms with E-state index in [-0.39, 0.29) is 166 Å². The zero-order valence-corrected chi connectivity index (χ0v) is 81.0. The Balaban J connectivity index is -0.00000137. The summed E-state index contributed by atoms with van der Waals surface area (Å²) in [6.45, 7) is 39.5. The third-order valence-corrected chi connectivity index (χ3v) is 25.1. The molecule has 0 spiro atoms. The Morgan fingerprint density at radius 2 is 1.00 bits per heavy atom. The summed E-state index contributed by atoms with van der Waals surface area (Å²) in [6, 6.07) is 66.1. The van der Waals surface area contributed by atoms with Gasteiger partial charge in [-0.2, -0.15) is 36.4 Å². The van der Waals surface area contributed by atoms with Gasteiger partial charge >= 0.3 is 65.8 Å². The molecule has 6 amide bonds. The van der Waals surface area contributed by atoms with Crippen LogP contribution in [0.15, 0.2) is 182 Å². The number of imide groups is 1. The first kappa shape index (κ1) is 114. The minimum atomic E-state index is -1.24. The van der Waals surface area contributed by atoms with Gasteiger partial charge < -0.3 is 67.6 Å². The van der Waals surface area contributed by atoms with Gasteiger partial charge in [0.1, 0.15) is 5.82 Å². The number of nitrogens with one attached hydrogen (secondary N) is 5. The van der Waals surface area contributed by atoms with Gasteiger partial charge in [0.2, 0.25) is 35.4 Å². The first-order chi connectivity index (χ1) is 56.6. The molecule has 125 heavy (non-hydrogen) atoms. The van der Waals surface area contributed by atoms with Crippen LogP contribution in [0.4, 0.5) is 0 Å². The van der Waals surface area contributed by atoms with Crippen LogP contribution in [0, 0.1) is 44.0 Å². The molecule has 5 unspecified atom stereocenters. The summed E-state index contributed by atoms with van der Waals surface area (Å²) in [5.41, 5.74) is -0.203. The van der Waals surface area contributed by atoms with Gasteiger partial charge in [-0.3, -0.25) is 54.1 Å². The molecule has 7 aliphatic rings. The molecule has 0 radical (unpaired) electrons. The number of cyclic esters (lactones) is 2. The molecule has 0 saturated carbocycles. The van der Waals surface area contributed by atoms with Crippen molar-refractivity contribution in [3.63, 3.8) is 0 Å². The van der Waals surface area contributed by atoms with E-state index in [0.717, 1.165) is 41.8 Å². The van der Waals surface area contributed by atoms with Crippen molar-refractivity contribution in [1.29, 1.82) is 5.41 Å². The molecule has 1 aromatic heterocycles. The summed E-state index contributed by atoms with van der Waals surface area (Å²) in [6.07, 6.45) is 3.89. The SMILES string of the molecule is CC1(C)CC(=O)NC1(O)c1ccccc1.CC1(C)CC(=O)NC1=O.CC1(C)CC(=O)OC1=O.CC1(C)CC(O)(c2ccccc2)NC1=O.CC1(C)CC(c2ccccc2)N(N)C1=O.CC1(C)CC(c2ccccc2)NC1=O.CCOC(=N)C(=O)OCC.CCOC(=O)c1nc2n(n1)C(c1ccccc1)CC2(C)C.CC[SiH](CC)CC.[Br-].[HH].[HH].[HH].[Li+].[Mg+2].[OH-].[c-]1ccccc1. The van der Waals surface area contributed by atoms with Crippen LogP contribution < -0.4 is 63.0 Å². The second-order valence-electron chi connectivity index (χ2n) is 35.0. The van der Waals surface area contributed by atoms with E-state index >= 15 is 0 Å². The van der Waals surface area contributed by atoms with Crippen molar-refractivity contribution in [2.75, 3.05) is 19.8 Å². The van der Waals surface area contributed by atoms with Gasteiger partial charge in [0.15, 0.2) is 11.4 Å². The minimum Gasteiger partial charge on any atom is -1.00 e. The zero-order valence-electron chi connectivity index (χ0n) is 76.8. The van der Waals surface area contributed by atoms with Gasteiger partial charge in [0, 0.05) is 70.5 Å². The molecule has 6 fully saturated rings. The number of fused-ring (bicyclic) bond motifs is 1. The first-order valence-corrected chi connectivity index (χ1v) is 43.9. The number of rotatable bonds is 12. The molecule has 5 atom stereocenters. The fourth-order valence-electron chi connectivity index (χ4n) is 14.1. The fourth-order valence-corrected chi connectivity index (χ4v) is 15.9. The van der Waals surface area contributed by atoms with Gasteiger partial charge in [-0.25, -0.2) is 25.1 Å². The van der Waals surface area contributed by atoms with E-state index in [2.05, 4.69) is 111 Å². The van der Waals surface area contributed by atoms with Crippen LogP contribution in [0.2, 0.25) is 18.1 Å². The number of carbonyl (C=O) groups excluding carboxylic acids is 10. The van der Waals surface area contributed by atoms with Crippen molar-refractivity contribution in [3.05, 3.63) is 228 Å². The predicted octanol–water partition coefficient (Wildman–Crippen LogP) is 8.67. The molecule has 6 saturated heterocycles. The number of aromatic nitrogens is 3. The van der Waals surface area contributed by atoms with Crippen LogP contribution in [-0.2, 0) is 79.0 Å². The first-order valence-electron chi connectivity index (χ1n) is 41.4. The predicted molar refractivity (Wildman–Crippen MR) is 481 cm³/mol. The number of hydrazine groups is 1. The van der Waals surface area contributed by atoms with Crippen LogP contribution in [0.3, 0.4) is 0 Å². The third-order valence-electron chi connectivity index (χ3n) is 21.6. The maximum Gasteiger partial charge on any atom is 2.00 e. The number of nitrogens with two attached hydrogens (primary N) is 1. The number of halogens is 1. The normalized spacial score (nSPS) is 21.0. The Morgan fingerprint density at radius 1 is 0.544 bits per heavy atom. The number of carbonyl (C=O) groups is 10. The summed E-state index contributed by atoms with van der Waals surface area (Å²) in [5, 5.41) is 44.1. The Hall–Kier alpha value is -9.07. The Morgan fingerprint density at radius 3 is 1.33 bits per heavy atom. The van der Waals surface area contributed by atoms with Gasteiger partial charge in [0.25, 0.3) is 11.7 Å². The quantitative estimate of drug-likeness (QED) is 0.00541. The Kier molecular flexibility index (Phi) is 46.5. The number of hydrogen-bond donors (Lipinski definition) is 8. The van der Waals surface area contributed by atoms with E-state index < -0.39 is 62.9 Å². The largest absolute Gasteiger partial charge is 2.00 e. The summed E-state index contributed by atoms with van der Waals surface area (Å²) in [5.74, 6) is 4.06. The number of nitrogens with zero attached hydrogens (tertiary/aromatic N) is 4. The fraction of sp³-hybridized carbons (Fsp3) is 0.479. The van der Waals surface area contributed by atoms with Gasteiger partial charge in [-0.05, 0) is 70.6 Å². The molecular formula is C94H136BrLiMgN10O17Si.